The highest BCUT2D eigenvalue weighted by Crippen LogP contribution is 2.33. The number of carbonyl (C=O) groups is 1. The fourth-order valence-electron chi connectivity index (χ4n) is 1.55. The lowest BCUT2D eigenvalue weighted by atomic mass is 10.1. The first-order valence-electron chi connectivity index (χ1n) is 4.49. The molecule has 1 unspecified atom stereocenters. The van der Waals surface area contributed by atoms with E-state index < -0.39 is 4.95 Å². The SMILES string of the molecule is Cc1cc2c(cc1F)NC(Br)C(=O)N2C. The van der Waals surface area contributed by atoms with Crippen LogP contribution in [0.2, 0.25) is 0 Å². The van der Waals surface area contributed by atoms with E-state index in [-0.39, 0.29) is 11.7 Å². The van der Waals surface area contributed by atoms with Gasteiger partial charge in [0.1, 0.15) is 5.82 Å². The zero-order valence-electron chi connectivity index (χ0n) is 8.34. The van der Waals surface area contributed by atoms with Gasteiger partial charge in [-0.2, -0.15) is 0 Å². The lowest BCUT2D eigenvalue weighted by Crippen LogP contribution is -2.41. The average Bonchev–Trinajstić information content (AvgIpc) is 2.19. The number of nitrogens with one attached hydrogen (secondary N) is 1. The van der Waals surface area contributed by atoms with Gasteiger partial charge in [-0.15, -0.1) is 0 Å². The fourth-order valence-corrected chi connectivity index (χ4v) is 2.10. The van der Waals surface area contributed by atoms with Gasteiger partial charge in [0.15, 0.2) is 4.95 Å². The number of rotatable bonds is 0. The van der Waals surface area contributed by atoms with Crippen LogP contribution in [-0.4, -0.2) is 17.9 Å². The number of anilines is 2. The number of alkyl halides is 1. The minimum absolute atomic E-state index is 0.0893. The minimum atomic E-state index is -0.489. The summed E-state index contributed by atoms with van der Waals surface area (Å²) in [6, 6.07) is 3.07. The van der Waals surface area contributed by atoms with E-state index in [0.29, 0.717) is 16.9 Å². The molecule has 0 saturated carbocycles. The van der Waals surface area contributed by atoms with Crippen LogP contribution in [0.4, 0.5) is 15.8 Å². The van der Waals surface area contributed by atoms with Crippen molar-refractivity contribution in [1.29, 1.82) is 0 Å². The second-order valence-corrected chi connectivity index (χ2v) is 4.44. The summed E-state index contributed by atoms with van der Waals surface area (Å²) >= 11 is 3.18. The van der Waals surface area contributed by atoms with Gasteiger partial charge in [-0.25, -0.2) is 4.39 Å². The average molecular weight is 273 g/mol. The molecule has 1 amide bonds. The first-order chi connectivity index (χ1) is 7.00. The number of nitrogens with zero attached hydrogens (tertiary/aromatic N) is 1. The normalized spacial score (nSPS) is 19.9. The van der Waals surface area contributed by atoms with Crippen LogP contribution in [0.15, 0.2) is 12.1 Å². The van der Waals surface area contributed by atoms with E-state index in [1.54, 1.807) is 20.0 Å². The first-order valence-corrected chi connectivity index (χ1v) is 5.40. The third-order valence-corrected chi connectivity index (χ3v) is 3.09. The monoisotopic (exact) mass is 272 g/mol. The third kappa shape index (κ3) is 1.61. The molecule has 80 valence electrons. The van der Waals surface area contributed by atoms with Gasteiger partial charge < -0.3 is 10.2 Å². The number of aryl methyl sites for hydroxylation is 1. The Balaban J connectivity index is 2.56. The molecule has 1 heterocycles. The van der Waals surface area contributed by atoms with Crippen LogP contribution in [0.25, 0.3) is 0 Å². The van der Waals surface area contributed by atoms with E-state index in [4.69, 9.17) is 0 Å². The van der Waals surface area contributed by atoms with Crippen molar-refractivity contribution in [3.05, 3.63) is 23.5 Å². The summed E-state index contributed by atoms with van der Waals surface area (Å²) in [6.45, 7) is 1.67. The molecule has 0 spiro atoms. The number of likely N-dealkylation sites (N-methyl/N-ethyl adjacent to an activating group) is 1. The van der Waals surface area contributed by atoms with Crippen molar-refractivity contribution >= 4 is 33.2 Å². The molecule has 0 bridgehead atoms. The van der Waals surface area contributed by atoms with Crippen molar-refractivity contribution in [1.82, 2.24) is 0 Å². The summed E-state index contributed by atoms with van der Waals surface area (Å²) in [5.74, 6) is -0.364. The zero-order chi connectivity index (χ0) is 11.2. The van der Waals surface area contributed by atoms with Crippen molar-refractivity contribution in [2.75, 3.05) is 17.3 Å². The van der Waals surface area contributed by atoms with Gasteiger partial charge in [0, 0.05) is 7.05 Å². The predicted molar refractivity (Wildman–Crippen MR) is 60.9 cm³/mol. The van der Waals surface area contributed by atoms with E-state index in [9.17, 15) is 9.18 Å². The van der Waals surface area contributed by atoms with Crippen molar-refractivity contribution in [3.63, 3.8) is 0 Å². The number of benzene rings is 1. The molecule has 15 heavy (non-hydrogen) atoms. The number of hydrogen-bond acceptors (Lipinski definition) is 2. The molecule has 1 aromatic rings. The molecule has 2 rings (SSSR count). The molecule has 1 N–H and O–H groups in total. The Labute approximate surface area is 95.4 Å². The molecule has 1 atom stereocenters. The summed E-state index contributed by atoms with van der Waals surface area (Å²) in [6.07, 6.45) is 0. The molecule has 1 aliphatic rings. The van der Waals surface area contributed by atoms with Gasteiger partial charge in [0.25, 0.3) is 5.91 Å². The van der Waals surface area contributed by atoms with E-state index in [1.807, 2.05) is 0 Å². The Morgan fingerprint density at radius 3 is 2.87 bits per heavy atom. The van der Waals surface area contributed by atoms with Crippen LogP contribution in [0.1, 0.15) is 5.56 Å². The van der Waals surface area contributed by atoms with Crippen molar-refractivity contribution in [3.8, 4) is 0 Å². The highest BCUT2D eigenvalue weighted by molar-refractivity contribution is 9.10. The molecular formula is C10H10BrFN2O. The number of hydrogen-bond donors (Lipinski definition) is 1. The topological polar surface area (TPSA) is 32.3 Å². The number of amides is 1. The summed E-state index contributed by atoms with van der Waals surface area (Å²) in [4.78, 5) is 12.6. The van der Waals surface area contributed by atoms with Crippen LogP contribution in [-0.2, 0) is 4.79 Å². The van der Waals surface area contributed by atoms with E-state index in [0.717, 1.165) is 0 Å². The predicted octanol–water partition coefficient (Wildman–Crippen LogP) is 2.24. The Hall–Kier alpha value is -1.10. The van der Waals surface area contributed by atoms with Gasteiger partial charge in [0.2, 0.25) is 0 Å². The second-order valence-electron chi connectivity index (χ2n) is 3.52. The molecule has 1 aromatic carbocycles. The van der Waals surface area contributed by atoms with E-state index in [2.05, 4.69) is 21.2 Å². The van der Waals surface area contributed by atoms with Crippen LogP contribution in [0, 0.1) is 12.7 Å². The summed E-state index contributed by atoms with van der Waals surface area (Å²) in [5.41, 5.74) is 1.86. The maximum absolute atomic E-state index is 13.3. The van der Waals surface area contributed by atoms with E-state index >= 15 is 0 Å². The number of halogens is 2. The van der Waals surface area contributed by atoms with Gasteiger partial charge in [0.05, 0.1) is 11.4 Å². The van der Waals surface area contributed by atoms with Gasteiger partial charge in [-0.1, -0.05) is 15.9 Å². The standard InChI is InChI=1S/C10H10BrFN2O/c1-5-3-8-7(4-6(5)12)13-9(11)10(15)14(8)2/h3-4,9,13H,1-2H3. The van der Waals surface area contributed by atoms with Crippen LogP contribution < -0.4 is 10.2 Å². The minimum Gasteiger partial charge on any atom is -0.363 e. The van der Waals surface area contributed by atoms with Crippen LogP contribution in [0.5, 0.6) is 0 Å². The largest absolute Gasteiger partial charge is 0.363 e. The Bertz CT molecular complexity index is 436. The first kappa shape index (κ1) is 10.4. The molecule has 0 radical (unpaired) electrons. The van der Waals surface area contributed by atoms with Crippen molar-refractivity contribution < 1.29 is 9.18 Å². The number of carbonyl (C=O) groups excluding carboxylic acids is 1. The molecule has 1 aliphatic heterocycles. The smallest absolute Gasteiger partial charge is 0.260 e. The third-order valence-electron chi connectivity index (χ3n) is 2.47. The zero-order valence-corrected chi connectivity index (χ0v) is 9.93. The second kappa shape index (κ2) is 3.48. The molecule has 3 nitrogen and oxygen atoms in total. The Morgan fingerprint density at radius 2 is 2.20 bits per heavy atom. The molecule has 0 fully saturated rings. The molecule has 0 aromatic heterocycles. The maximum atomic E-state index is 13.3. The van der Waals surface area contributed by atoms with Crippen molar-refractivity contribution in [2.45, 2.75) is 11.9 Å². The summed E-state index contributed by atoms with van der Waals surface area (Å²) in [7, 11) is 1.67. The molecule has 5 heteroatoms. The summed E-state index contributed by atoms with van der Waals surface area (Å²) < 4.78 is 13.3. The van der Waals surface area contributed by atoms with Gasteiger partial charge in [-0.05, 0) is 24.6 Å². The molecular weight excluding hydrogens is 263 g/mol. The maximum Gasteiger partial charge on any atom is 0.260 e. The number of fused-ring (bicyclic) bond motifs is 1. The quantitative estimate of drug-likeness (QED) is 0.580. The highest BCUT2D eigenvalue weighted by Gasteiger charge is 2.28. The lowest BCUT2D eigenvalue weighted by molar-refractivity contribution is -0.117. The fraction of sp³-hybridized carbons (Fsp3) is 0.300. The van der Waals surface area contributed by atoms with E-state index in [1.165, 1.54) is 11.0 Å². The molecule has 0 aliphatic carbocycles. The van der Waals surface area contributed by atoms with Crippen LogP contribution in [0.3, 0.4) is 0 Å². The van der Waals surface area contributed by atoms with Crippen molar-refractivity contribution in [2.24, 2.45) is 0 Å². The lowest BCUT2D eigenvalue weighted by Gasteiger charge is -2.30. The Morgan fingerprint density at radius 1 is 1.53 bits per heavy atom. The summed E-state index contributed by atoms with van der Waals surface area (Å²) in [5, 5.41) is 2.89. The van der Waals surface area contributed by atoms with Gasteiger partial charge >= 0.3 is 0 Å². The van der Waals surface area contributed by atoms with Gasteiger partial charge in [-0.3, -0.25) is 4.79 Å². The van der Waals surface area contributed by atoms with Crippen LogP contribution >= 0.6 is 15.9 Å². The Kier molecular flexibility index (Phi) is 2.42. The molecule has 0 saturated heterocycles. The highest BCUT2D eigenvalue weighted by atomic mass is 79.9.